The minimum Gasteiger partial charge on any atom is -0.448 e. The minimum atomic E-state index is -0.608. The van der Waals surface area contributed by atoms with Crippen molar-refractivity contribution in [1.82, 2.24) is 14.9 Å². The van der Waals surface area contributed by atoms with Crippen LogP contribution in [-0.4, -0.2) is 53.2 Å². The molecule has 0 saturated carbocycles. The van der Waals surface area contributed by atoms with Gasteiger partial charge in [-0.05, 0) is 24.5 Å². The number of aromatic nitrogens is 2. The van der Waals surface area contributed by atoms with Crippen LogP contribution >= 0.6 is 0 Å². The quantitative estimate of drug-likeness (QED) is 0.848. The largest absolute Gasteiger partial charge is 0.448 e. The zero-order valence-electron chi connectivity index (χ0n) is 16.0. The second-order valence-electron chi connectivity index (χ2n) is 7.48. The number of cyclic esters (lactones) is 1. The van der Waals surface area contributed by atoms with Gasteiger partial charge in [-0.15, -0.1) is 0 Å². The Hall–Kier alpha value is -3.41. The molecule has 2 atom stereocenters. The number of hydrogen-bond donors (Lipinski definition) is 1. The number of rotatable bonds is 3. The van der Waals surface area contributed by atoms with E-state index in [1.54, 1.807) is 23.1 Å². The summed E-state index contributed by atoms with van der Waals surface area (Å²) in [7, 11) is 0. The molecule has 0 radical (unpaired) electrons. The van der Waals surface area contributed by atoms with Gasteiger partial charge in [-0.25, -0.2) is 14.2 Å². The number of carbonyl (C=O) groups excluding carboxylic acids is 1. The molecule has 2 fully saturated rings. The maximum Gasteiger partial charge on any atom is 0.410 e. The number of nitrogen functional groups attached to an aromatic ring is 1. The molecule has 0 unspecified atom stereocenters. The zero-order valence-corrected chi connectivity index (χ0v) is 16.0. The van der Waals surface area contributed by atoms with Crippen molar-refractivity contribution >= 4 is 17.9 Å². The average molecular weight is 396 g/mol. The average Bonchev–Trinajstić information content (AvgIpc) is 3.13. The van der Waals surface area contributed by atoms with E-state index in [0.717, 1.165) is 13.0 Å². The van der Waals surface area contributed by atoms with Crippen LogP contribution in [0.25, 0.3) is 11.3 Å². The first-order valence-corrected chi connectivity index (χ1v) is 9.47. The second kappa shape index (κ2) is 7.54. The summed E-state index contributed by atoms with van der Waals surface area (Å²) in [6.07, 6.45) is 0.611. The molecule has 2 aliphatic heterocycles. The third-order valence-electron chi connectivity index (χ3n) is 5.31. The molecule has 0 bridgehead atoms. The Morgan fingerprint density at radius 2 is 2.14 bits per heavy atom. The molecule has 150 valence electrons. The van der Waals surface area contributed by atoms with Gasteiger partial charge in [-0.1, -0.05) is 13.0 Å². The van der Waals surface area contributed by atoms with Crippen LogP contribution in [0.5, 0.6) is 0 Å². The Morgan fingerprint density at radius 3 is 2.83 bits per heavy atom. The first-order chi connectivity index (χ1) is 13.9. The smallest absolute Gasteiger partial charge is 0.410 e. The number of halogens is 1. The lowest BCUT2D eigenvalue weighted by molar-refractivity contribution is 0.139. The van der Waals surface area contributed by atoms with Gasteiger partial charge in [0, 0.05) is 24.7 Å². The lowest BCUT2D eigenvalue weighted by atomic mass is 9.95. The van der Waals surface area contributed by atoms with Crippen molar-refractivity contribution in [2.45, 2.75) is 19.4 Å². The van der Waals surface area contributed by atoms with Crippen molar-refractivity contribution in [3.63, 3.8) is 0 Å². The van der Waals surface area contributed by atoms with Gasteiger partial charge in [0.25, 0.3) is 0 Å². The van der Waals surface area contributed by atoms with Crippen LogP contribution < -0.4 is 10.6 Å². The van der Waals surface area contributed by atoms with Gasteiger partial charge in [0.1, 0.15) is 24.3 Å². The molecule has 2 aliphatic rings. The second-order valence-corrected chi connectivity index (χ2v) is 7.48. The summed E-state index contributed by atoms with van der Waals surface area (Å²) in [4.78, 5) is 24.4. The van der Waals surface area contributed by atoms with E-state index in [0.29, 0.717) is 42.7 Å². The summed E-state index contributed by atoms with van der Waals surface area (Å²) in [5.74, 6) is 0.441. The topological polar surface area (TPSA) is 108 Å². The van der Waals surface area contributed by atoms with E-state index in [2.05, 4.69) is 21.8 Å². The molecular weight excluding hydrogens is 375 g/mol. The van der Waals surface area contributed by atoms with E-state index in [9.17, 15) is 9.18 Å². The van der Waals surface area contributed by atoms with Crippen LogP contribution in [-0.2, 0) is 4.74 Å². The Balaban J connectivity index is 1.63. The van der Waals surface area contributed by atoms with Gasteiger partial charge >= 0.3 is 6.09 Å². The van der Waals surface area contributed by atoms with E-state index in [1.807, 2.05) is 0 Å². The summed E-state index contributed by atoms with van der Waals surface area (Å²) in [6.45, 7) is 4.50. The van der Waals surface area contributed by atoms with Crippen LogP contribution in [0.4, 0.5) is 21.0 Å². The third-order valence-corrected chi connectivity index (χ3v) is 5.31. The lowest BCUT2D eigenvalue weighted by Gasteiger charge is -2.40. The van der Waals surface area contributed by atoms with E-state index in [4.69, 9.17) is 15.7 Å². The predicted octanol–water partition coefficient (Wildman–Crippen LogP) is 2.40. The molecule has 1 aromatic carbocycles. The number of nitrogens with zero attached hydrogens (tertiary/aromatic N) is 5. The molecule has 2 aromatic rings. The maximum atomic E-state index is 14.0. The first-order valence-electron chi connectivity index (χ1n) is 9.47. The minimum absolute atomic E-state index is 0.0267. The summed E-state index contributed by atoms with van der Waals surface area (Å²) >= 11 is 0. The van der Waals surface area contributed by atoms with Gasteiger partial charge < -0.3 is 20.3 Å². The third kappa shape index (κ3) is 3.78. The number of benzene rings is 1. The Morgan fingerprint density at radius 1 is 1.31 bits per heavy atom. The van der Waals surface area contributed by atoms with E-state index < -0.39 is 5.82 Å². The molecule has 8 nitrogen and oxygen atoms in total. The van der Waals surface area contributed by atoms with Crippen molar-refractivity contribution in [1.29, 1.82) is 5.26 Å². The first kappa shape index (κ1) is 18.9. The normalized spacial score (nSPS) is 21.8. The predicted molar refractivity (Wildman–Crippen MR) is 104 cm³/mol. The van der Waals surface area contributed by atoms with Gasteiger partial charge in [-0.3, -0.25) is 0 Å². The van der Waals surface area contributed by atoms with Crippen molar-refractivity contribution < 1.29 is 13.9 Å². The molecule has 2 N–H and O–H groups in total. The number of amides is 1. The Kier molecular flexibility index (Phi) is 4.92. The van der Waals surface area contributed by atoms with Crippen LogP contribution in [0.3, 0.4) is 0 Å². The molecule has 1 aromatic heterocycles. The number of nitriles is 1. The van der Waals surface area contributed by atoms with Crippen LogP contribution in [0.1, 0.15) is 18.9 Å². The fraction of sp³-hybridized carbons (Fsp3) is 0.400. The highest BCUT2D eigenvalue weighted by Gasteiger charge is 2.35. The zero-order chi connectivity index (χ0) is 20.5. The Bertz CT molecular complexity index is 991. The highest BCUT2D eigenvalue weighted by molar-refractivity contribution is 5.70. The summed E-state index contributed by atoms with van der Waals surface area (Å²) in [6, 6.07) is 7.91. The molecule has 1 amide bonds. The number of anilines is 2. The van der Waals surface area contributed by atoms with E-state index in [-0.39, 0.29) is 23.6 Å². The fourth-order valence-electron chi connectivity index (χ4n) is 4.00. The highest BCUT2D eigenvalue weighted by atomic mass is 19.1. The summed E-state index contributed by atoms with van der Waals surface area (Å²) in [5.41, 5.74) is 6.90. The van der Waals surface area contributed by atoms with Gasteiger partial charge in [0.15, 0.2) is 0 Å². The monoisotopic (exact) mass is 396 g/mol. The number of nitrogens with two attached hydrogens (primary N) is 1. The Labute approximate surface area is 167 Å². The molecule has 9 heteroatoms. The van der Waals surface area contributed by atoms with Crippen LogP contribution in [0.15, 0.2) is 24.3 Å². The molecule has 4 rings (SSSR count). The van der Waals surface area contributed by atoms with Crippen molar-refractivity contribution in [2.24, 2.45) is 5.92 Å². The van der Waals surface area contributed by atoms with Crippen molar-refractivity contribution in [3.8, 4) is 17.3 Å². The SMILES string of the molecule is C[C@@H]1C[C@@H](N2CCOC2=O)CN(c2cc(-c3ccc(C#N)c(F)c3)nc(N)n2)C1. The summed E-state index contributed by atoms with van der Waals surface area (Å²) in [5, 5.41) is 8.92. The van der Waals surface area contributed by atoms with Gasteiger partial charge in [0.05, 0.1) is 23.8 Å². The molecule has 0 aliphatic carbocycles. The van der Waals surface area contributed by atoms with Crippen molar-refractivity contribution in [3.05, 3.63) is 35.6 Å². The van der Waals surface area contributed by atoms with Crippen molar-refractivity contribution in [2.75, 3.05) is 36.9 Å². The number of piperidine rings is 1. The fourth-order valence-corrected chi connectivity index (χ4v) is 4.00. The molecular formula is C20H21FN6O2. The molecule has 2 saturated heterocycles. The number of carbonyl (C=O) groups is 1. The van der Waals surface area contributed by atoms with E-state index >= 15 is 0 Å². The maximum absolute atomic E-state index is 14.0. The van der Waals surface area contributed by atoms with Gasteiger partial charge in [0.2, 0.25) is 5.95 Å². The number of ether oxygens (including phenoxy) is 1. The molecule has 29 heavy (non-hydrogen) atoms. The summed E-state index contributed by atoms with van der Waals surface area (Å²) < 4.78 is 19.1. The molecule has 0 spiro atoms. The lowest BCUT2D eigenvalue weighted by Crippen LogP contribution is -2.51. The van der Waals surface area contributed by atoms with Gasteiger partial charge in [-0.2, -0.15) is 10.2 Å². The number of hydrogen-bond acceptors (Lipinski definition) is 7. The van der Waals surface area contributed by atoms with Crippen LogP contribution in [0, 0.1) is 23.1 Å². The van der Waals surface area contributed by atoms with Crippen LogP contribution in [0.2, 0.25) is 0 Å². The molecule has 3 heterocycles. The standard InChI is InChI=1S/C20H21FN6O2/c1-12-6-15(27-4-5-29-20(27)28)11-26(10-12)18-8-17(24-19(23)25-18)13-2-3-14(9-22)16(21)7-13/h2-3,7-8,12,15H,4-6,10-11H2,1H3,(H2,23,24,25)/t12-,15-/m1/s1. The van der Waals surface area contributed by atoms with E-state index in [1.165, 1.54) is 12.1 Å². The highest BCUT2D eigenvalue weighted by Crippen LogP contribution is 2.29.